The van der Waals surface area contributed by atoms with Crippen LogP contribution in [0.4, 0.5) is 0 Å². The molecule has 0 amide bonds. The molecule has 1 aliphatic heterocycles. The first-order valence-electron chi connectivity index (χ1n) is 6.84. The van der Waals surface area contributed by atoms with Crippen LogP contribution in [-0.4, -0.2) is 34.9 Å². The van der Waals surface area contributed by atoms with Crippen molar-refractivity contribution in [2.75, 3.05) is 19.7 Å². The second-order valence-corrected chi connectivity index (χ2v) is 5.48. The molecule has 2 heterocycles. The normalized spacial score (nSPS) is 15.3. The largest absolute Gasteiger partial charge is 0.396 e. The average molecular weight is 293 g/mol. The van der Waals surface area contributed by atoms with E-state index in [1.807, 2.05) is 24.3 Å². The zero-order valence-corrected chi connectivity index (χ0v) is 11.9. The molecule has 0 fully saturated rings. The fourth-order valence-corrected chi connectivity index (χ4v) is 2.71. The van der Waals surface area contributed by atoms with E-state index < -0.39 is 0 Å². The van der Waals surface area contributed by atoms with Crippen LogP contribution < -0.4 is 0 Å². The van der Waals surface area contributed by atoms with E-state index in [1.165, 1.54) is 0 Å². The summed E-state index contributed by atoms with van der Waals surface area (Å²) in [5.41, 5.74) is 3.10. The zero-order chi connectivity index (χ0) is 13.9. The summed E-state index contributed by atoms with van der Waals surface area (Å²) in [6.45, 7) is 2.93. The molecule has 5 heteroatoms. The molecular weight excluding hydrogens is 276 g/mol. The van der Waals surface area contributed by atoms with Gasteiger partial charge in [0.15, 0.2) is 0 Å². The summed E-state index contributed by atoms with van der Waals surface area (Å²) in [5.74, 6) is 0.982. The first-order valence-corrected chi connectivity index (χ1v) is 7.22. The highest BCUT2D eigenvalue weighted by Gasteiger charge is 2.24. The van der Waals surface area contributed by atoms with Crippen molar-refractivity contribution < 1.29 is 9.63 Å². The van der Waals surface area contributed by atoms with Gasteiger partial charge in [-0.3, -0.25) is 4.90 Å². The van der Waals surface area contributed by atoms with Crippen molar-refractivity contribution in [1.29, 1.82) is 0 Å². The second kappa shape index (κ2) is 5.95. The highest BCUT2D eigenvalue weighted by molar-refractivity contribution is 6.30. The van der Waals surface area contributed by atoms with Crippen LogP contribution in [0.25, 0.3) is 11.3 Å². The average Bonchev–Trinajstić information content (AvgIpc) is 2.89. The van der Waals surface area contributed by atoms with E-state index in [0.29, 0.717) is 0 Å². The van der Waals surface area contributed by atoms with Crippen LogP contribution >= 0.6 is 11.6 Å². The molecule has 106 valence electrons. The Kier molecular flexibility index (Phi) is 4.05. The number of halogens is 1. The summed E-state index contributed by atoms with van der Waals surface area (Å²) >= 11 is 5.92. The van der Waals surface area contributed by atoms with Crippen molar-refractivity contribution >= 4 is 11.6 Å². The number of aliphatic hydroxyl groups is 1. The molecule has 0 unspecified atom stereocenters. The first kappa shape index (κ1) is 13.6. The molecule has 1 aliphatic rings. The monoisotopic (exact) mass is 292 g/mol. The fraction of sp³-hybridized carbons (Fsp3) is 0.400. The standard InChI is InChI=1S/C15H17ClN2O2/c16-12-4-2-11(3-5-12)15-13-10-18(7-1-9-19)8-6-14(13)20-17-15/h2-5,19H,1,6-10H2. The lowest BCUT2D eigenvalue weighted by atomic mass is 10.0. The number of aliphatic hydroxyl groups excluding tert-OH is 1. The van der Waals surface area contributed by atoms with E-state index >= 15 is 0 Å². The molecule has 3 rings (SSSR count). The molecule has 1 aromatic carbocycles. The Morgan fingerprint density at radius 1 is 1.30 bits per heavy atom. The number of hydrogen-bond donors (Lipinski definition) is 1. The topological polar surface area (TPSA) is 49.5 Å². The molecule has 4 nitrogen and oxygen atoms in total. The van der Waals surface area contributed by atoms with Gasteiger partial charge in [-0.15, -0.1) is 0 Å². The number of fused-ring (bicyclic) bond motifs is 1. The van der Waals surface area contributed by atoms with Gasteiger partial charge >= 0.3 is 0 Å². The lowest BCUT2D eigenvalue weighted by Gasteiger charge is -2.25. The summed E-state index contributed by atoms with van der Waals surface area (Å²) in [4.78, 5) is 2.33. The maximum atomic E-state index is 8.94. The Balaban J connectivity index is 1.85. The van der Waals surface area contributed by atoms with Crippen molar-refractivity contribution in [3.8, 4) is 11.3 Å². The minimum atomic E-state index is 0.233. The Hall–Kier alpha value is -1.36. The van der Waals surface area contributed by atoms with E-state index in [2.05, 4.69) is 10.1 Å². The quantitative estimate of drug-likeness (QED) is 0.941. The van der Waals surface area contributed by atoms with Gasteiger partial charge in [-0.1, -0.05) is 28.9 Å². The van der Waals surface area contributed by atoms with Crippen LogP contribution in [0, 0.1) is 0 Å². The van der Waals surface area contributed by atoms with E-state index in [4.69, 9.17) is 21.2 Å². The minimum Gasteiger partial charge on any atom is -0.396 e. The third-order valence-corrected chi connectivity index (χ3v) is 3.91. The Labute approximate surface area is 122 Å². The molecule has 0 atom stereocenters. The number of hydrogen-bond acceptors (Lipinski definition) is 4. The molecule has 1 N–H and O–H groups in total. The van der Waals surface area contributed by atoms with E-state index in [1.54, 1.807) is 0 Å². The van der Waals surface area contributed by atoms with Gasteiger partial charge in [-0.05, 0) is 18.6 Å². The van der Waals surface area contributed by atoms with Gasteiger partial charge < -0.3 is 9.63 Å². The molecule has 0 bridgehead atoms. The fourth-order valence-electron chi connectivity index (χ4n) is 2.58. The highest BCUT2D eigenvalue weighted by atomic mass is 35.5. The predicted octanol–water partition coefficient (Wildman–Crippen LogP) is 2.74. The van der Waals surface area contributed by atoms with Crippen LogP contribution in [0.15, 0.2) is 28.8 Å². The van der Waals surface area contributed by atoms with Gasteiger partial charge in [0.2, 0.25) is 0 Å². The third kappa shape index (κ3) is 2.73. The summed E-state index contributed by atoms with van der Waals surface area (Å²) in [7, 11) is 0. The number of benzene rings is 1. The molecule has 0 aliphatic carbocycles. The SMILES string of the molecule is OCCCN1CCc2onc(-c3ccc(Cl)cc3)c2C1. The maximum absolute atomic E-state index is 8.94. The lowest BCUT2D eigenvalue weighted by molar-refractivity contribution is 0.204. The maximum Gasteiger partial charge on any atom is 0.143 e. The minimum absolute atomic E-state index is 0.233. The number of nitrogens with zero attached hydrogens (tertiary/aromatic N) is 2. The number of rotatable bonds is 4. The Morgan fingerprint density at radius 3 is 2.85 bits per heavy atom. The molecule has 0 spiro atoms. The summed E-state index contributed by atoms with van der Waals surface area (Å²) in [6.07, 6.45) is 1.68. The van der Waals surface area contributed by atoms with Gasteiger partial charge in [-0.25, -0.2) is 0 Å². The van der Waals surface area contributed by atoms with Crippen LogP contribution in [0.5, 0.6) is 0 Å². The van der Waals surface area contributed by atoms with Gasteiger partial charge in [0, 0.05) is 48.8 Å². The zero-order valence-electron chi connectivity index (χ0n) is 11.2. The van der Waals surface area contributed by atoms with E-state index in [-0.39, 0.29) is 6.61 Å². The Morgan fingerprint density at radius 2 is 2.10 bits per heavy atom. The van der Waals surface area contributed by atoms with Crippen LogP contribution in [0.3, 0.4) is 0 Å². The first-order chi connectivity index (χ1) is 9.78. The highest BCUT2D eigenvalue weighted by Crippen LogP contribution is 2.30. The van der Waals surface area contributed by atoms with Gasteiger partial charge in [-0.2, -0.15) is 0 Å². The van der Waals surface area contributed by atoms with Crippen molar-refractivity contribution in [3.63, 3.8) is 0 Å². The predicted molar refractivity (Wildman–Crippen MR) is 77.6 cm³/mol. The molecule has 2 aromatic rings. The second-order valence-electron chi connectivity index (χ2n) is 5.04. The summed E-state index contributed by atoms with van der Waals surface area (Å²) in [6, 6.07) is 7.66. The van der Waals surface area contributed by atoms with Gasteiger partial charge in [0.25, 0.3) is 0 Å². The molecule has 1 aromatic heterocycles. The van der Waals surface area contributed by atoms with Crippen LogP contribution in [0.2, 0.25) is 5.02 Å². The summed E-state index contributed by atoms with van der Waals surface area (Å²) in [5, 5.41) is 13.9. The molecule has 0 saturated carbocycles. The van der Waals surface area contributed by atoms with Crippen molar-refractivity contribution in [3.05, 3.63) is 40.6 Å². The van der Waals surface area contributed by atoms with E-state index in [0.717, 1.165) is 60.1 Å². The van der Waals surface area contributed by atoms with Crippen LogP contribution in [0.1, 0.15) is 17.7 Å². The van der Waals surface area contributed by atoms with Crippen molar-refractivity contribution in [1.82, 2.24) is 10.1 Å². The van der Waals surface area contributed by atoms with Gasteiger partial charge in [0.05, 0.1) is 0 Å². The smallest absolute Gasteiger partial charge is 0.143 e. The van der Waals surface area contributed by atoms with Crippen molar-refractivity contribution in [2.45, 2.75) is 19.4 Å². The lowest BCUT2D eigenvalue weighted by Crippen LogP contribution is -2.31. The molecule has 20 heavy (non-hydrogen) atoms. The number of aromatic nitrogens is 1. The molecule has 0 radical (unpaired) electrons. The van der Waals surface area contributed by atoms with E-state index in [9.17, 15) is 0 Å². The van der Waals surface area contributed by atoms with Gasteiger partial charge in [0.1, 0.15) is 11.5 Å². The third-order valence-electron chi connectivity index (χ3n) is 3.66. The van der Waals surface area contributed by atoms with Crippen LogP contribution in [-0.2, 0) is 13.0 Å². The summed E-state index contributed by atoms with van der Waals surface area (Å²) < 4.78 is 5.47. The molecular formula is C15H17ClN2O2. The van der Waals surface area contributed by atoms with Crippen molar-refractivity contribution in [2.24, 2.45) is 0 Å². The Bertz CT molecular complexity index is 580. The molecule has 0 saturated heterocycles.